The summed E-state index contributed by atoms with van der Waals surface area (Å²) in [6.07, 6.45) is 7.32. The third-order valence-electron chi connectivity index (χ3n) is 3.64. The molecule has 0 aliphatic carbocycles. The van der Waals surface area contributed by atoms with Crippen LogP contribution in [-0.4, -0.2) is 27.0 Å². The third-order valence-corrected chi connectivity index (χ3v) is 3.64. The number of aryl methyl sites for hydroxylation is 1. The maximum Gasteiger partial charge on any atom is 0.267 e. The Kier molecular flexibility index (Phi) is 3.25. The Morgan fingerprint density at radius 1 is 1.65 bits per heavy atom. The molecule has 102 valence electrons. The van der Waals surface area contributed by atoms with Crippen LogP contribution in [0, 0.1) is 17.2 Å². The highest BCUT2D eigenvalue weighted by Gasteiger charge is 2.19. The van der Waals surface area contributed by atoms with Crippen molar-refractivity contribution < 1.29 is 4.79 Å². The molecular weight excluding hydrogens is 254 g/mol. The molecule has 0 aromatic carbocycles. The van der Waals surface area contributed by atoms with Gasteiger partial charge in [0.1, 0.15) is 17.6 Å². The van der Waals surface area contributed by atoms with Gasteiger partial charge in [0, 0.05) is 38.1 Å². The molecule has 0 saturated carbocycles. The maximum atomic E-state index is 11.9. The van der Waals surface area contributed by atoms with Crippen molar-refractivity contribution in [3.63, 3.8) is 0 Å². The minimum absolute atomic E-state index is 0.164. The quantitative estimate of drug-likeness (QED) is 0.874. The van der Waals surface area contributed by atoms with Gasteiger partial charge in [-0.25, -0.2) is 4.98 Å². The molecule has 6 heteroatoms. The van der Waals surface area contributed by atoms with Crippen LogP contribution in [0.15, 0.2) is 24.7 Å². The number of hydrogen-bond acceptors (Lipinski definition) is 3. The Balaban J connectivity index is 1.55. The largest absolute Gasteiger partial charge is 0.356 e. The monoisotopic (exact) mass is 269 g/mol. The van der Waals surface area contributed by atoms with Crippen molar-refractivity contribution in [2.75, 3.05) is 6.54 Å². The van der Waals surface area contributed by atoms with Gasteiger partial charge in [0.15, 0.2) is 0 Å². The van der Waals surface area contributed by atoms with E-state index in [1.54, 1.807) is 6.07 Å². The highest BCUT2D eigenvalue weighted by Crippen LogP contribution is 2.18. The van der Waals surface area contributed by atoms with E-state index in [9.17, 15) is 4.79 Å². The van der Waals surface area contributed by atoms with Gasteiger partial charge in [-0.2, -0.15) is 5.26 Å². The molecule has 3 heterocycles. The zero-order valence-electron chi connectivity index (χ0n) is 11.0. The third kappa shape index (κ3) is 2.43. The number of aromatic amines is 1. The molecular formula is C14H15N5O. The van der Waals surface area contributed by atoms with E-state index in [4.69, 9.17) is 5.26 Å². The lowest BCUT2D eigenvalue weighted by Crippen LogP contribution is -2.33. The number of H-pyrrole nitrogens is 1. The van der Waals surface area contributed by atoms with Crippen LogP contribution >= 0.6 is 0 Å². The number of nitrogens with one attached hydrogen (secondary N) is 2. The fraction of sp³-hybridized carbons (Fsp3) is 0.357. The summed E-state index contributed by atoms with van der Waals surface area (Å²) in [4.78, 5) is 19.0. The van der Waals surface area contributed by atoms with Crippen molar-refractivity contribution in [1.29, 1.82) is 5.26 Å². The normalized spacial score (nSPS) is 17.2. The molecule has 1 atom stereocenters. The number of rotatable bonds is 3. The van der Waals surface area contributed by atoms with Gasteiger partial charge in [-0.3, -0.25) is 4.79 Å². The molecule has 0 saturated heterocycles. The first kappa shape index (κ1) is 12.5. The number of nitriles is 1. The molecule has 0 radical (unpaired) electrons. The summed E-state index contributed by atoms with van der Waals surface area (Å²) in [7, 11) is 0. The first-order chi connectivity index (χ1) is 9.76. The summed E-state index contributed by atoms with van der Waals surface area (Å²) in [6, 6.07) is 3.55. The van der Waals surface area contributed by atoms with E-state index in [0.717, 1.165) is 25.2 Å². The fourth-order valence-corrected chi connectivity index (χ4v) is 2.53. The van der Waals surface area contributed by atoms with Gasteiger partial charge in [0.25, 0.3) is 5.91 Å². The second-order valence-electron chi connectivity index (χ2n) is 5.02. The Morgan fingerprint density at radius 3 is 3.35 bits per heavy atom. The number of nitrogens with zero attached hydrogens (tertiary/aromatic N) is 3. The van der Waals surface area contributed by atoms with E-state index >= 15 is 0 Å². The molecule has 1 amide bonds. The zero-order valence-corrected chi connectivity index (χ0v) is 11.0. The predicted octanol–water partition coefficient (Wildman–Crippen LogP) is 1.08. The van der Waals surface area contributed by atoms with Crippen molar-refractivity contribution in [3.8, 4) is 6.07 Å². The van der Waals surface area contributed by atoms with Crippen molar-refractivity contribution >= 4 is 5.91 Å². The zero-order chi connectivity index (χ0) is 13.9. The SMILES string of the molecule is N#Cc1c[nH]c(C(=O)NCC2CCc3nccn3C2)c1. The lowest BCUT2D eigenvalue weighted by molar-refractivity contribution is 0.0939. The first-order valence-corrected chi connectivity index (χ1v) is 6.63. The van der Waals surface area contributed by atoms with Gasteiger partial charge in [-0.1, -0.05) is 0 Å². The van der Waals surface area contributed by atoms with Crippen molar-refractivity contribution in [1.82, 2.24) is 19.9 Å². The highest BCUT2D eigenvalue weighted by atomic mass is 16.1. The summed E-state index contributed by atoms with van der Waals surface area (Å²) >= 11 is 0. The maximum absolute atomic E-state index is 11.9. The number of imidazole rings is 1. The second kappa shape index (κ2) is 5.21. The van der Waals surface area contributed by atoms with Gasteiger partial charge in [0.2, 0.25) is 0 Å². The standard InChI is InChI=1S/C14H15N5O/c15-6-11-5-12(17-8-11)14(20)18-7-10-1-2-13-16-3-4-19(13)9-10/h3-5,8,10,17H,1-2,7,9H2,(H,18,20). The number of carbonyl (C=O) groups is 1. The van der Waals surface area contributed by atoms with Crippen LogP contribution in [0.4, 0.5) is 0 Å². The number of aromatic nitrogens is 3. The summed E-state index contributed by atoms with van der Waals surface area (Å²) in [6.45, 7) is 1.53. The molecule has 1 aliphatic heterocycles. The Bertz CT molecular complexity index is 663. The number of carbonyl (C=O) groups excluding carboxylic acids is 1. The van der Waals surface area contributed by atoms with Gasteiger partial charge in [0.05, 0.1) is 5.56 Å². The fourth-order valence-electron chi connectivity index (χ4n) is 2.53. The molecule has 1 aliphatic rings. The van der Waals surface area contributed by atoms with Crippen LogP contribution < -0.4 is 5.32 Å². The molecule has 1 unspecified atom stereocenters. The van der Waals surface area contributed by atoms with Gasteiger partial charge < -0.3 is 14.9 Å². The first-order valence-electron chi connectivity index (χ1n) is 6.63. The summed E-state index contributed by atoms with van der Waals surface area (Å²) < 4.78 is 2.14. The summed E-state index contributed by atoms with van der Waals surface area (Å²) in [5.41, 5.74) is 0.900. The van der Waals surface area contributed by atoms with Crippen LogP contribution in [0.2, 0.25) is 0 Å². The van der Waals surface area contributed by atoms with E-state index in [1.165, 1.54) is 6.20 Å². The van der Waals surface area contributed by atoms with E-state index in [-0.39, 0.29) is 5.91 Å². The molecule has 6 nitrogen and oxygen atoms in total. The van der Waals surface area contributed by atoms with E-state index in [2.05, 4.69) is 19.9 Å². The molecule has 0 bridgehead atoms. The minimum atomic E-state index is -0.164. The van der Waals surface area contributed by atoms with Gasteiger partial charge in [-0.05, 0) is 18.4 Å². The van der Waals surface area contributed by atoms with Crippen LogP contribution in [0.1, 0.15) is 28.3 Å². The highest BCUT2D eigenvalue weighted by molar-refractivity contribution is 5.92. The molecule has 0 fully saturated rings. The van der Waals surface area contributed by atoms with Crippen LogP contribution in [0.25, 0.3) is 0 Å². The average Bonchev–Trinajstić information content (AvgIpc) is 3.12. The lowest BCUT2D eigenvalue weighted by Gasteiger charge is -2.23. The van der Waals surface area contributed by atoms with E-state index in [1.807, 2.05) is 18.5 Å². The Labute approximate surface area is 116 Å². The summed E-state index contributed by atoms with van der Waals surface area (Å²) in [5.74, 6) is 1.38. The molecule has 20 heavy (non-hydrogen) atoms. The van der Waals surface area contributed by atoms with Gasteiger partial charge in [-0.15, -0.1) is 0 Å². The molecule has 2 N–H and O–H groups in total. The smallest absolute Gasteiger partial charge is 0.267 e. The van der Waals surface area contributed by atoms with E-state index < -0.39 is 0 Å². The minimum Gasteiger partial charge on any atom is -0.356 e. The topological polar surface area (TPSA) is 86.5 Å². The predicted molar refractivity (Wildman–Crippen MR) is 71.9 cm³/mol. The molecule has 2 aromatic rings. The van der Waals surface area contributed by atoms with Crippen LogP contribution in [0.3, 0.4) is 0 Å². The summed E-state index contributed by atoms with van der Waals surface area (Å²) in [5, 5.41) is 11.6. The Morgan fingerprint density at radius 2 is 2.55 bits per heavy atom. The molecule has 3 rings (SSSR count). The van der Waals surface area contributed by atoms with Gasteiger partial charge >= 0.3 is 0 Å². The number of hydrogen-bond donors (Lipinski definition) is 2. The number of amides is 1. The lowest BCUT2D eigenvalue weighted by atomic mass is 9.99. The molecule has 2 aromatic heterocycles. The Hall–Kier alpha value is -2.55. The van der Waals surface area contributed by atoms with Crippen molar-refractivity contribution in [2.45, 2.75) is 19.4 Å². The number of fused-ring (bicyclic) bond motifs is 1. The van der Waals surface area contributed by atoms with Crippen LogP contribution in [0.5, 0.6) is 0 Å². The van der Waals surface area contributed by atoms with Crippen LogP contribution in [-0.2, 0) is 13.0 Å². The molecule has 0 spiro atoms. The van der Waals surface area contributed by atoms with Crippen molar-refractivity contribution in [2.24, 2.45) is 5.92 Å². The second-order valence-corrected chi connectivity index (χ2v) is 5.02. The van der Waals surface area contributed by atoms with Crippen molar-refractivity contribution in [3.05, 3.63) is 41.7 Å². The average molecular weight is 269 g/mol. The van der Waals surface area contributed by atoms with E-state index in [0.29, 0.717) is 23.7 Å².